The number of carboxylic acid groups (broad SMARTS) is 1. The summed E-state index contributed by atoms with van der Waals surface area (Å²) in [5, 5.41) is 17.3. The van der Waals surface area contributed by atoms with E-state index in [9.17, 15) is 4.79 Å². The molecule has 0 aromatic carbocycles. The Morgan fingerprint density at radius 3 is 2.47 bits per heavy atom. The maximum Gasteiger partial charge on any atom is 0.304 e. The van der Waals surface area contributed by atoms with Crippen LogP contribution in [0.25, 0.3) is 0 Å². The van der Waals surface area contributed by atoms with Gasteiger partial charge in [-0.15, -0.1) is 0 Å². The molecule has 4 heteroatoms. The molecule has 0 aliphatic heterocycles. The van der Waals surface area contributed by atoms with Crippen molar-refractivity contribution in [2.24, 2.45) is 0 Å². The normalized spacial score (nSPS) is 15.9. The van der Waals surface area contributed by atoms with E-state index in [2.05, 4.69) is 4.90 Å². The van der Waals surface area contributed by atoms with Crippen molar-refractivity contribution in [1.29, 1.82) is 0 Å². The predicted molar refractivity (Wildman–Crippen MR) is 57.8 cm³/mol. The summed E-state index contributed by atoms with van der Waals surface area (Å²) >= 11 is 0. The quantitative estimate of drug-likeness (QED) is 0.565. The lowest BCUT2D eigenvalue weighted by Gasteiger charge is -2.20. The zero-order chi connectivity index (χ0) is 11.1. The van der Waals surface area contributed by atoms with Crippen LogP contribution in [-0.4, -0.2) is 46.8 Å². The third-order valence-corrected chi connectivity index (χ3v) is 2.78. The highest BCUT2D eigenvalue weighted by Crippen LogP contribution is 2.27. The van der Waals surface area contributed by atoms with Gasteiger partial charge in [0.05, 0.1) is 6.42 Å². The molecule has 1 rings (SSSR count). The maximum absolute atomic E-state index is 10.5. The fraction of sp³-hybridized carbons (Fsp3) is 0.909. The molecule has 15 heavy (non-hydrogen) atoms. The average molecular weight is 215 g/mol. The second-order valence-corrected chi connectivity index (χ2v) is 4.20. The highest BCUT2D eigenvalue weighted by molar-refractivity contribution is 5.66. The van der Waals surface area contributed by atoms with Gasteiger partial charge in [-0.25, -0.2) is 0 Å². The summed E-state index contributed by atoms with van der Waals surface area (Å²) in [6.07, 6.45) is 5.65. The molecular weight excluding hydrogens is 194 g/mol. The first-order chi connectivity index (χ1) is 7.24. The number of hydrogen-bond acceptors (Lipinski definition) is 3. The number of aliphatic carboxylic acids is 1. The molecule has 0 aromatic rings. The number of aliphatic hydroxyl groups is 1. The van der Waals surface area contributed by atoms with E-state index in [0.717, 1.165) is 25.8 Å². The van der Waals surface area contributed by atoms with E-state index in [-0.39, 0.29) is 13.0 Å². The molecule has 0 bridgehead atoms. The summed E-state index contributed by atoms with van der Waals surface area (Å²) in [7, 11) is 0. The largest absolute Gasteiger partial charge is 0.481 e. The van der Waals surface area contributed by atoms with Crippen LogP contribution in [0.4, 0.5) is 0 Å². The minimum Gasteiger partial charge on any atom is -0.481 e. The zero-order valence-corrected chi connectivity index (χ0v) is 9.19. The van der Waals surface area contributed by atoms with E-state index < -0.39 is 5.97 Å². The average Bonchev–Trinajstić information content (AvgIpc) is 3.00. The van der Waals surface area contributed by atoms with E-state index in [1.807, 2.05) is 0 Å². The van der Waals surface area contributed by atoms with Crippen molar-refractivity contribution in [2.75, 3.05) is 19.7 Å². The zero-order valence-electron chi connectivity index (χ0n) is 9.19. The molecule has 1 aliphatic rings. The van der Waals surface area contributed by atoms with Crippen LogP contribution in [0.3, 0.4) is 0 Å². The second kappa shape index (κ2) is 6.80. The maximum atomic E-state index is 10.5. The van der Waals surface area contributed by atoms with Crippen LogP contribution >= 0.6 is 0 Å². The van der Waals surface area contributed by atoms with Gasteiger partial charge in [0.1, 0.15) is 0 Å². The molecular formula is C11H21NO3. The summed E-state index contributed by atoms with van der Waals surface area (Å²) < 4.78 is 0. The van der Waals surface area contributed by atoms with Gasteiger partial charge in [-0.1, -0.05) is 0 Å². The Hall–Kier alpha value is -0.610. The molecule has 4 nitrogen and oxygen atoms in total. The molecule has 0 unspecified atom stereocenters. The van der Waals surface area contributed by atoms with Gasteiger partial charge in [0.25, 0.3) is 0 Å². The van der Waals surface area contributed by atoms with E-state index >= 15 is 0 Å². The standard InChI is InChI=1S/C11H21NO3/c13-9-3-1-2-7-12(10-4-5-10)8-6-11(14)15/h10,13H,1-9H2,(H,14,15). The van der Waals surface area contributed by atoms with Crippen molar-refractivity contribution >= 4 is 5.97 Å². The Bertz CT molecular complexity index is 192. The molecule has 1 aliphatic carbocycles. The SMILES string of the molecule is O=C(O)CCN(CCCCCO)C1CC1. The van der Waals surface area contributed by atoms with Crippen molar-refractivity contribution in [1.82, 2.24) is 4.90 Å². The van der Waals surface area contributed by atoms with Crippen molar-refractivity contribution in [3.05, 3.63) is 0 Å². The van der Waals surface area contributed by atoms with Gasteiger partial charge in [-0.05, 0) is 38.6 Å². The minimum absolute atomic E-state index is 0.247. The van der Waals surface area contributed by atoms with Gasteiger partial charge in [-0.3, -0.25) is 9.69 Å². The highest BCUT2D eigenvalue weighted by Gasteiger charge is 2.28. The smallest absolute Gasteiger partial charge is 0.304 e. The van der Waals surface area contributed by atoms with Gasteiger partial charge < -0.3 is 10.2 Å². The van der Waals surface area contributed by atoms with Gasteiger partial charge in [0, 0.05) is 19.2 Å². The molecule has 0 aromatic heterocycles. The number of hydrogen-bond donors (Lipinski definition) is 2. The lowest BCUT2D eigenvalue weighted by Crippen LogP contribution is -2.29. The Kier molecular flexibility index (Phi) is 5.65. The summed E-state index contributed by atoms with van der Waals surface area (Å²) in [5.41, 5.74) is 0. The number of carboxylic acids is 1. The summed E-state index contributed by atoms with van der Waals surface area (Å²) in [6.45, 7) is 1.93. The first kappa shape index (κ1) is 12.5. The lowest BCUT2D eigenvalue weighted by molar-refractivity contribution is -0.137. The Labute approximate surface area is 90.9 Å². The molecule has 0 heterocycles. The van der Waals surface area contributed by atoms with Crippen molar-refractivity contribution in [3.63, 3.8) is 0 Å². The van der Waals surface area contributed by atoms with Gasteiger partial charge in [0.15, 0.2) is 0 Å². The van der Waals surface area contributed by atoms with E-state index in [1.165, 1.54) is 12.8 Å². The third kappa shape index (κ3) is 5.74. The molecule has 88 valence electrons. The minimum atomic E-state index is -0.712. The fourth-order valence-electron chi connectivity index (χ4n) is 1.76. The van der Waals surface area contributed by atoms with E-state index in [0.29, 0.717) is 12.6 Å². The van der Waals surface area contributed by atoms with Crippen molar-refractivity contribution < 1.29 is 15.0 Å². The number of nitrogens with zero attached hydrogens (tertiary/aromatic N) is 1. The van der Waals surface area contributed by atoms with Crippen LogP contribution in [0.15, 0.2) is 0 Å². The van der Waals surface area contributed by atoms with Crippen LogP contribution in [0.5, 0.6) is 0 Å². The molecule has 2 N–H and O–H groups in total. The number of carbonyl (C=O) groups is 1. The van der Waals surface area contributed by atoms with Crippen molar-refractivity contribution in [3.8, 4) is 0 Å². The molecule has 0 spiro atoms. The van der Waals surface area contributed by atoms with Crippen LogP contribution in [0.2, 0.25) is 0 Å². The van der Waals surface area contributed by atoms with E-state index in [1.54, 1.807) is 0 Å². The van der Waals surface area contributed by atoms with Gasteiger partial charge in [-0.2, -0.15) is 0 Å². The number of unbranched alkanes of at least 4 members (excludes halogenated alkanes) is 2. The molecule has 1 saturated carbocycles. The van der Waals surface area contributed by atoms with Crippen molar-refractivity contribution in [2.45, 2.75) is 44.6 Å². The third-order valence-electron chi connectivity index (χ3n) is 2.78. The Morgan fingerprint density at radius 1 is 1.20 bits per heavy atom. The first-order valence-electron chi connectivity index (χ1n) is 5.80. The lowest BCUT2D eigenvalue weighted by atomic mass is 10.2. The van der Waals surface area contributed by atoms with Crippen LogP contribution in [0.1, 0.15) is 38.5 Å². The summed E-state index contributed by atoms with van der Waals surface area (Å²) in [5.74, 6) is -0.712. The number of rotatable bonds is 9. The fourth-order valence-corrected chi connectivity index (χ4v) is 1.76. The molecule has 0 radical (unpaired) electrons. The predicted octanol–water partition coefficient (Wildman–Crippen LogP) is 1.09. The van der Waals surface area contributed by atoms with Crippen LogP contribution < -0.4 is 0 Å². The van der Waals surface area contributed by atoms with Crippen LogP contribution in [-0.2, 0) is 4.79 Å². The second-order valence-electron chi connectivity index (χ2n) is 4.20. The summed E-state index contributed by atoms with van der Waals surface area (Å²) in [6, 6.07) is 0.637. The van der Waals surface area contributed by atoms with Crippen LogP contribution in [0, 0.1) is 0 Å². The van der Waals surface area contributed by atoms with Gasteiger partial charge >= 0.3 is 5.97 Å². The summed E-state index contributed by atoms with van der Waals surface area (Å²) in [4.78, 5) is 12.7. The van der Waals surface area contributed by atoms with E-state index in [4.69, 9.17) is 10.2 Å². The number of aliphatic hydroxyl groups excluding tert-OH is 1. The first-order valence-corrected chi connectivity index (χ1v) is 5.80. The highest BCUT2D eigenvalue weighted by atomic mass is 16.4. The molecule has 0 atom stereocenters. The molecule has 0 amide bonds. The monoisotopic (exact) mass is 215 g/mol. The van der Waals surface area contributed by atoms with Gasteiger partial charge in [0.2, 0.25) is 0 Å². The molecule has 1 fully saturated rings. The Balaban J connectivity index is 2.10. The topological polar surface area (TPSA) is 60.8 Å². The Morgan fingerprint density at radius 2 is 1.93 bits per heavy atom. The molecule has 0 saturated heterocycles.